The molecule has 0 bridgehead atoms. The van der Waals surface area contributed by atoms with Crippen LogP contribution in [0.1, 0.15) is 6.42 Å². The molecule has 19 heavy (non-hydrogen) atoms. The van der Waals surface area contributed by atoms with E-state index in [1.807, 2.05) is 0 Å². The summed E-state index contributed by atoms with van der Waals surface area (Å²) in [6, 6.07) is -0.750. The largest absolute Gasteiger partial charge is 0.480 e. The summed E-state index contributed by atoms with van der Waals surface area (Å²) < 4.78 is 5.18. The standard InChI is InChI=1S/C12H21N3O4/c1-19-9-6-10(12(17)18)15(7-9)11(16)8-14-4-2-13-3-5-14/h9-10,13H,2-8H2,1H3,(H,17,18). The number of aliphatic carboxylic acids is 1. The Labute approximate surface area is 112 Å². The maximum absolute atomic E-state index is 12.2. The van der Waals surface area contributed by atoms with Gasteiger partial charge >= 0.3 is 5.97 Å². The number of carbonyl (C=O) groups is 2. The van der Waals surface area contributed by atoms with Gasteiger partial charge in [0.1, 0.15) is 6.04 Å². The van der Waals surface area contributed by atoms with Crippen molar-refractivity contribution in [2.24, 2.45) is 0 Å². The minimum Gasteiger partial charge on any atom is -0.480 e. The number of ether oxygens (including phenoxy) is 1. The molecule has 0 spiro atoms. The van der Waals surface area contributed by atoms with Crippen LogP contribution in [-0.2, 0) is 14.3 Å². The van der Waals surface area contributed by atoms with E-state index in [1.165, 1.54) is 4.90 Å². The summed E-state index contributed by atoms with van der Waals surface area (Å²) in [7, 11) is 1.55. The minimum atomic E-state index is -0.951. The van der Waals surface area contributed by atoms with Crippen LogP contribution in [-0.4, -0.2) is 85.3 Å². The van der Waals surface area contributed by atoms with Gasteiger partial charge in [-0.05, 0) is 0 Å². The van der Waals surface area contributed by atoms with Crippen molar-refractivity contribution in [1.29, 1.82) is 0 Å². The lowest BCUT2D eigenvalue weighted by Gasteiger charge is -2.29. The SMILES string of the molecule is COC1CC(C(=O)O)N(C(=O)CN2CCNCC2)C1. The van der Waals surface area contributed by atoms with Gasteiger partial charge in [0, 0.05) is 46.3 Å². The lowest BCUT2D eigenvalue weighted by molar-refractivity contribution is -0.148. The first-order valence-electron chi connectivity index (χ1n) is 6.60. The topological polar surface area (TPSA) is 82.1 Å². The molecule has 0 radical (unpaired) electrons. The van der Waals surface area contributed by atoms with Crippen LogP contribution < -0.4 is 5.32 Å². The third kappa shape index (κ3) is 3.43. The van der Waals surface area contributed by atoms with E-state index in [-0.39, 0.29) is 12.0 Å². The lowest BCUT2D eigenvalue weighted by Crippen LogP contribution is -2.50. The fourth-order valence-corrected chi connectivity index (χ4v) is 2.63. The van der Waals surface area contributed by atoms with Crippen LogP contribution in [0.5, 0.6) is 0 Å². The number of carboxylic acids is 1. The molecule has 7 nitrogen and oxygen atoms in total. The van der Waals surface area contributed by atoms with E-state index in [0.29, 0.717) is 19.5 Å². The Morgan fingerprint density at radius 2 is 2.05 bits per heavy atom. The maximum atomic E-state index is 12.2. The van der Waals surface area contributed by atoms with Crippen LogP contribution in [0.3, 0.4) is 0 Å². The number of nitrogens with one attached hydrogen (secondary N) is 1. The molecular formula is C12H21N3O4. The zero-order valence-corrected chi connectivity index (χ0v) is 11.2. The van der Waals surface area contributed by atoms with Crippen molar-refractivity contribution < 1.29 is 19.4 Å². The highest BCUT2D eigenvalue weighted by atomic mass is 16.5. The van der Waals surface area contributed by atoms with Gasteiger partial charge in [-0.15, -0.1) is 0 Å². The molecule has 0 aromatic carbocycles. The molecule has 2 heterocycles. The molecular weight excluding hydrogens is 250 g/mol. The van der Waals surface area contributed by atoms with Crippen molar-refractivity contribution in [3.8, 4) is 0 Å². The number of nitrogens with zero attached hydrogens (tertiary/aromatic N) is 2. The molecule has 0 aromatic rings. The van der Waals surface area contributed by atoms with Gasteiger partial charge in [0.15, 0.2) is 0 Å². The Kier molecular flexibility index (Phi) is 4.73. The summed E-state index contributed by atoms with van der Waals surface area (Å²) in [5.74, 6) is -1.07. The molecule has 2 N–H and O–H groups in total. The molecule has 0 aliphatic carbocycles. The van der Waals surface area contributed by atoms with Gasteiger partial charge in [-0.1, -0.05) is 0 Å². The molecule has 2 aliphatic heterocycles. The first-order chi connectivity index (χ1) is 9.11. The van der Waals surface area contributed by atoms with Crippen molar-refractivity contribution in [2.45, 2.75) is 18.6 Å². The highest BCUT2D eigenvalue weighted by Crippen LogP contribution is 2.20. The molecule has 2 aliphatic rings. The van der Waals surface area contributed by atoms with E-state index in [1.54, 1.807) is 7.11 Å². The fraction of sp³-hybridized carbons (Fsp3) is 0.833. The quantitative estimate of drug-likeness (QED) is 0.654. The molecule has 2 rings (SSSR count). The van der Waals surface area contributed by atoms with Crippen LogP contribution >= 0.6 is 0 Å². The predicted octanol–water partition coefficient (Wildman–Crippen LogP) is -1.41. The monoisotopic (exact) mass is 271 g/mol. The number of hydrogen-bond donors (Lipinski definition) is 2. The zero-order valence-electron chi connectivity index (χ0n) is 11.2. The summed E-state index contributed by atoms with van der Waals surface area (Å²) in [6.07, 6.45) is 0.201. The normalized spacial score (nSPS) is 28.6. The van der Waals surface area contributed by atoms with E-state index in [4.69, 9.17) is 4.74 Å². The first kappa shape index (κ1) is 14.2. The highest BCUT2D eigenvalue weighted by molar-refractivity contribution is 5.85. The Morgan fingerprint density at radius 1 is 1.37 bits per heavy atom. The average molecular weight is 271 g/mol. The van der Waals surface area contributed by atoms with E-state index < -0.39 is 12.0 Å². The number of rotatable bonds is 4. The fourth-order valence-electron chi connectivity index (χ4n) is 2.63. The van der Waals surface area contributed by atoms with E-state index in [2.05, 4.69) is 10.2 Å². The minimum absolute atomic E-state index is 0.117. The maximum Gasteiger partial charge on any atom is 0.326 e. The smallest absolute Gasteiger partial charge is 0.326 e. The first-order valence-corrected chi connectivity index (χ1v) is 6.60. The van der Waals surface area contributed by atoms with Gasteiger partial charge in [0.25, 0.3) is 0 Å². The van der Waals surface area contributed by atoms with Crippen LogP contribution in [0.4, 0.5) is 0 Å². The average Bonchev–Trinajstić information content (AvgIpc) is 2.84. The Morgan fingerprint density at radius 3 is 2.63 bits per heavy atom. The van der Waals surface area contributed by atoms with Gasteiger partial charge in [-0.2, -0.15) is 0 Å². The van der Waals surface area contributed by atoms with Crippen molar-refractivity contribution in [3.05, 3.63) is 0 Å². The van der Waals surface area contributed by atoms with Gasteiger partial charge in [0.05, 0.1) is 12.6 Å². The number of carboxylic acid groups (broad SMARTS) is 1. The van der Waals surface area contributed by atoms with Crippen LogP contribution in [0.2, 0.25) is 0 Å². The Bertz CT molecular complexity index is 344. The van der Waals surface area contributed by atoms with E-state index in [9.17, 15) is 14.7 Å². The molecule has 0 saturated carbocycles. The number of carbonyl (C=O) groups excluding carboxylic acids is 1. The third-order valence-electron chi connectivity index (χ3n) is 3.77. The van der Waals surface area contributed by atoms with E-state index in [0.717, 1.165) is 26.2 Å². The molecule has 2 atom stereocenters. The molecule has 2 fully saturated rings. The summed E-state index contributed by atoms with van der Waals surface area (Å²) in [6.45, 7) is 4.06. The molecule has 0 aromatic heterocycles. The summed E-state index contributed by atoms with van der Waals surface area (Å²) in [5.41, 5.74) is 0. The number of amides is 1. The van der Waals surface area contributed by atoms with Crippen molar-refractivity contribution in [1.82, 2.24) is 15.1 Å². The number of hydrogen-bond acceptors (Lipinski definition) is 5. The molecule has 7 heteroatoms. The second-order valence-corrected chi connectivity index (χ2v) is 5.02. The van der Waals surface area contributed by atoms with Gasteiger partial charge < -0.3 is 20.1 Å². The summed E-state index contributed by atoms with van der Waals surface area (Å²) in [4.78, 5) is 26.9. The van der Waals surface area contributed by atoms with Crippen molar-refractivity contribution >= 4 is 11.9 Å². The van der Waals surface area contributed by atoms with E-state index >= 15 is 0 Å². The molecule has 2 saturated heterocycles. The lowest BCUT2D eigenvalue weighted by atomic mass is 10.2. The Balaban J connectivity index is 1.94. The number of likely N-dealkylation sites (tertiary alicyclic amines) is 1. The highest BCUT2D eigenvalue weighted by Gasteiger charge is 2.39. The van der Waals surface area contributed by atoms with Gasteiger partial charge in [-0.3, -0.25) is 9.69 Å². The number of methoxy groups -OCH3 is 1. The molecule has 1 amide bonds. The van der Waals surface area contributed by atoms with Crippen LogP contribution in [0.15, 0.2) is 0 Å². The van der Waals surface area contributed by atoms with Gasteiger partial charge in [-0.25, -0.2) is 4.79 Å². The van der Waals surface area contributed by atoms with Crippen LogP contribution in [0.25, 0.3) is 0 Å². The predicted molar refractivity (Wildman–Crippen MR) is 67.9 cm³/mol. The van der Waals surface area contributed by atoms with Gasteiger partial charge in [0.2, 0.25) is 5.91 Å². The summed E-state index contributed by atoms with van der Waals surface area (Å²) in [5, 5.41) is 12.4. The Hall–Kier alpha value is -1.18. The molecule has 2 unspecified atom stereocenters. The van der Waals surface area contributed by atoms with Crippen molar-refractivity contribution in [3.63, 3.8) is 0 Å². The zero-order chi connectivity index (χ0) is 13.8. The molecule has 108 valence electrons. The second-order valence-electron chi connectivity index (χ2n) is 5.02. The third-order valence-corrected chi connectivity index (χ3v) is 3.77. The summed E-state index contributed by atoms with van der Waals surface area (Å²) >= 11 is 0. The van der Waals surface area contributed by atoms with Crippen LogP contribution in [0, 0.1) is 0 Å². The number of piperazine rings is 1. The van der Waals surface area contributed by atoms with Crippen molar-refractivity contribution in [2.75, 3.05) is 46.4 Å². The second kappa shape index (κ2) is 6.31.